The average Bonchev–Trinajstić information content (AvgIpc) is 2.30. The minimum atomic E-state index is -0.734. The van der Waals surface area contributed by atoms with E-state index in [1.165, 1.54) is 16.4 Å². The largest absolute Gasteiger partial charge is 0.339 e. The lowest BCUT2D eigenvalue weighted by molar-refractivity contribution is 0.555. The second-order valence-electron chi connectivity index (χ2n) is 3.67. The van der Waals surface area contributed by atoms with Crippen LogP contribution in [0.4, 0.5) is 0 Å². The number of H-pyrrole nitrogens is 1. The van der Waals surface area contributed by atoms with Crippen molar-refractivity contribution >= 4 is 11.8 Å². The van der Waals surface area contributed by atoms with Crippen LogP contribution in [-0.4, -0.2) is 33.1 Å². The minimum absolute atomic E-state index is 0.383. The number of aryl methyl sites for hydroxylation is 1. The summed E-state index contributed by atoms with van der Waals surface area (Å²) < 4.78 is 1.48. The third-order valence-electron chi connectivity index (χ3n) is 2.35. The Balaban J connectivity index is 2.72. The molecule has 7 heteroatoms. The molecule has 1 aromatic rings. The first-order valence-electron chi connectivity index (χ1n) is 5.62. The number of thioether (sulfide) groups is 1. The van der Waals surface area contributed by atoms with Gasteiger partial charge in [-0.25, -0.2) is 0 Å². The molecule has 0 aromatic carbocycles. The van der Waals surface area contributed by atoms with Crippen molar-refractivity contribution in [2.75, 3.05) is 12.3 Å². The molecule has 0 fully saturated rings. The first kappa shape index (κ1) is 14.0. The Kier molecular flexibility index (Phi) is 5.43. The summed E-state index contributed by atoms with van der Waals surface area (Å²) in [5, 5.41) is 6.30. The van der Waals surface area contributed by atoms with E-state index in [9.17, 15) is 9.59 Å². The van der Waals surface area contributed by atoms with Gasteiger partial charge in [0.25, 0.3) is 0 Å². The Morgan fingerprint density at radius 2 is 2.18 bits per heavy atom. The number of nitrogens with one attached hydrogen (secondary N) is 2. The Labute approximate surface area is 104 Å². The van der Waals surface area contributed by atoms with E-state index >= 15 is 0 Å². The molecule has 0 amide bonds. The van der Waals surface area contributed by atoms with Gasteiger partial charge in [-0.15, -0.1) is 0 Å². The van der Waals surface area contributed by atoms with Gasteiger partial charge in [-0.05, 0) is 13.0 Å². The molecule has 0 radical (unpaired) electrons. The van der Waals surface area contributed by atoms with E-state index < -0.39 is 11.1 Å². The van der Waals surface area contributed by atoms with Crippen molar-refractivity contribution < 1.29 is 0 Å². The highest BCUT2D eigenvalue weighted by Crippen LogP contribution is 2.13. The molecular weight excluding hydrogens is 240 g/mol. The summed E-state index contributed by atoms with van der Waals surface area (Å²) in [4.78, 5) is 25.9. The molecule has 96 valence electrons. The lowest BCUT2D eigenvalue weighted by atomic mass is 10.2. The van der Waals surface area contributed by atoms with Gasteiger partial charge in [0, 0.05) is 18.8 Å². The van der Waals surface area contributed by atoms with Crippen LogP contribution in [0.2, 0.25) is 0 Å². The van der Waals surface area contributed by atoms with E-state index in [0.29, 0.717) is 11.2 Å². The predicted octanol–water partition coefficient (Wildman–Crippen LogP) is -0.0512. The van der Waals surface area contributed by atoms with Crippen LogP contribution in [0.3, 0.4) is 0 Å². The topological polar surface area (TPSA) is 79.8 Å². The smallest absolute Gasteiger partial charge is 0.313 e. The van der Waals surface area contributed by atoms with Gasteiger partial charge in [0.15, 0.2) is 5.16 Å². The van der Waals surface area contributed by atoms with Crippen LogP contribution >= 0.6 is 11.8 Å². The summed E-state index contributed by atoms with van der Waals surface area (Å²) in [6.07, 6.45) is 1.01. The van der Waals surface area contributed by atoms with Crippen LogP contribution in [-0.2, 0) is 7.05 Å². The second-order valence-corrected chi connectivity index (χ2v) is 4.66. The number of aromatic amines is 1. The summed E-state index contributed by atoms with van der Waals surface area (Å²) in [7, 11) is 1.67. The predicted molar refractivity (Wildman–Crippen MR) is 68.6 cm³/mol. The SMILES string of the molecule is CCNC(CC)CSc1nc(=O)c(=O)[nH]n1C. The number of aromatic nitrogens is 3. The van der Waals surface area contributed by atoms with Crippen LogP contribution in [0.5, 0.6) is 0 Å². The molecule has 0 bridgehead atoms. The molecule has 1 aromatic heterocycles. The monoisotopic (exact) mass is 258 g/mol. The fourth-order valence-electron chi connectivity index (χ4n) is 1.37. The van der Waals surface area contributed by atoms with Crippen molar-refractivity contribution in [1.82, 2.24) is 20.1 Å². The molecule has 1 atom stereocenters. The standard InChI is InChI=1S/C10H18N4O2S/c1-4-7(11-5-2)6-17-10-12-8(15)9(16)13-14(10)3/h7,11H,4-6H2,1-3H3,(H,13,16). The number of hydrogen-bond acceptors (Lipinski definition) is 5. The normalized spacial score (nSPS) is 12.6. The molecule has 2 N–H and O–H groups in total. The Bertz CT molecular complexity index is 468. The van der Waals surface area contributed by atoms with Gasteiger partial charge in [0.2, 0.25) is 0 Å². The van der Waals surface area contributed by atoms with Gasteiger partial charge in [0.05, 0.1) is 0 Å². The summed E-state index contributed by atoms with van der Waals surface area (Å²) in [6, 6.07) is 0.383. The molecule has 1 unspecified atom stereocenters. The van der Waals surface area contributed by atoms with Crippen LogP contribution in [0.25, 0.3) is 0 Å². The van der Waals surface area contributed by atoms with Gasteiger partial charge in [-0.3, -0.25) is 19.4 Å². The van der Waals surface area contributed by atoms with Gasteiger partial charge in [0.1, 0.15) is 0 Å². The fraction of sp³-hybridized carbons (Fsp3) is 0.700. The van der Waals surface area contributed by atoms with Crippen molar-refractivity contribution in [1.29, 1.82) is 0 Å². The number of rotatable bonds is 6. The second kappa shape index (κ2) is 6.61. The highest BCUT2D eigenvalue weighted by Gasteiger charge is 2.09. The maximum absolute atomic E-state index is 11.1. The number of hydrogen-bond donors (Lipinski definition) is 2. The van der Waals surface area contributed by atoms with Crippen molar-refractivity contribution in [2.45, 2.75) is 31.5 Å². The zero-order valence-corrected chi connectivity index (χ0v) is 11.1. The van der Waals surface area contributed by atoms with Crippen molar-refractivity contribution in [3.63, 3.8) is 0 Å². The molecule has 0 spiro atoms. The molecular formula is C10H18N4O2S. The first-order chi connectivity index (χ1) is 8.08. The van der Waals surface area contributed by atoms with Crippen LogP contribution in [0.1, 0.15) is 20.3 Å². The van der Waals surface area contributed by atoms with Crippen molar-refractivity contribution in [2.24, 2.45) is 7.05 Å². The van der Waals surface area contributed by atoms with Crippen molar-refractivity contribution in [3.8, 4) is 0 Å². The van der Waals surface area contributed by atoms with E-state index in [4.69, 9.17) is 0 Å². The van der Waals surface area contributed by atoms with E-state index in [0.717, 1.165) is 18.7 Å². The summed E-state index contributed by atoms with van der Waals surface area (Å²) in [6.45, 7) is 5.07. The quantitative estimate of drug-likeness (QED) is 0.552. The maximum atomic E-state index is 11.1. The van der Waals surface area contributed by atoms with E-state index in [-0.39, 0.29) is 0 Å². The number of nitrogens with zero attached hydrogens (tertiary/aromatic N) is 2. The van der Waals surface area contributed by atoms with Gasteiger partial charge in [-0.2, -0.15) is 4.98 Å². The van der Waals surface area contributed by atoms with Gasteiger partial charge < -0.3 is 5.32 Å². The molecule has 0 saturated heterocycles. The van der Waals surface area contributed by atoms with Crippen LogP contribution < -0.4 is 16.4 Å². The third-order valence-corrected chi connectivity index (χ3v) is 3.54. The molecule has 17 heavy (non-hydrogen) atoms. The molecule has 0 aliphatic carbocycles. The van der Waals surface area contributed by atoms with E-state index in [2.05, 4.69) is 29.2 Å². The Morgan fingerprint density at radius 3 is 2.76 bits per heavy atom. The molecule has 0 saturated carbocycles. The first-order valence-corrected chi connectivity index (χ1v) is 6.60. The highest BCUT2D eigenvalue weighted by molar-refractivity contribution is 7.99. The van der Waals surface area contributed by atoms with Crippen molar-refractivity contribution in [3.05, 3.63) is 20.7 Å². The van der Waals surface area contributed by atoms with E-state index in [1.54, 1.807) is 7.05 Å². The van der Waals surface area contributed by atoms with Gasteiger partial charge in [-0.1, -0.05) is 25.6 Å². The fourth-order valence-corrected chi connectivity index (χ4v) is 2.47. The van der Waals surface area contributed by atoms with Crippen LogP contribution in [0.15, 0.2) is 14.7 Å². The lowest BCUT2D eigenvalue weighted by Gasteiger charge is -2.15. The average molecular weight is 258 g/mol. The summed E-state index contributed by atoms with van der Waals surface area (Å²) in [5.41, 5.74) is -1.42. The van der Waals surface area contributed by atoms with Crippen LogP contribution in [0, 0.1) is 0 Å². The molecule has 0 aliphatic heterocycles. The molecule has 0 aliphatic rings. The van der Waals surface area contributed by atoms with Gasteiger partial charge >= 0.3 is 11.1 Å². The zero-order chi connectivity index (χ0) is 12.8. The molecule has 1 rings (SSSR count). The molecule has 6 nitrogen and oxygen atoms in total. The Hall–Kier alpha value is -1.08. The third kappa shape index (κ3) is 4.01. The maximum Gasteiger partial charge on any atom is 0.339 e. The Morgan fingerprint density at radius 1 is 1.47 bits per heavy atom. The molecule has 1 heterocycles. The summed E-state index contributed by atoms with van der Waals surface area (Å²) >= 11 is 1.46. The van der Waals surface area contributed by atoms with E-state index in [1.807, 2.05) is 0 Å². The minimum Gasteiger partial charge on any atom is -0.313 e. The highest BCUT2D eigenvalue weighted by atomic mass is 32.2. The zero-order valence-electron chi connectivity index (χ0n) is 10.3. The lowest BCUT2D eigenvalue weighted by Crippen LogP contribution is -2.35. The summed E-state index contributed by atoms with van der Waals surface area (Å²) in [5.74, 6) is 0.816.